The van der Waals surface area contributed by atoms with Crippen LogP contribution in [0.15, 0.2) is 53.7 Å². The predicted octanol–water partition coefficient (Wildman–Crippen LogP) is 5.35. The van der Waals surface area contributed by atoms with Crippen LogP contribution in [-0.2, 0) is 11.3 Å². The molecule has 0 aliphatic rings. The van der Waals surface area contributed by atoms with Crippen LogP contribution in [0.3, 0.4) is 0 Å². The lowest BCUT2D eigenvalue weighted by atomic mass is 10.3. The highest BCUT2D eigenvalue weighted by molar-refractivity contribution is 8.00. The van der Waals surface area contributed by atoms with Gasteiger partial charge in [-0.05, 0) is 57.2 Å². The minimum Gasteiger partial charge on any atom is -0.481 e. The molecule has 6 nitrogen and oxygen atoms in total. The van der Waals surface area contributed by atoms with Crippen molar-refractivity contribution in [1.82, 2.24) is 14.8 Å². The van der Waals surface area contributed by atoms with Gasteiger partial charge in [-0.1, -0.05) is 35.5 Å². The Labute approximate surface area is 183 Å². The summed E-state index contributed by atoms with van der Waals surface area (Å²) in [5.74, 6) is 0.649. The highest BCUT2D eigenvalue weighted by atomic mass is 35.5. The quantitative estimate of drug-likeness (QED) is 0.470. The first-order valence-corrected chi connectivity index (χ1v) is 10.7. The van der Waals surface area contributed by atoms with Crippen molar-refractivity contribution in [1.29, 1.82) is 0 Å². The van der Waals surface area contributed by atoms with Gasteiger partial charge in [0.2, 0.25) is 5.91 Å². The Bertz CT molecular complexity index is 1010. The van der Waals surface area contributed by atoms with Gasteiger partial charge in [-0.15, -0.1) is 10.2 Å². The van der Waals surface area contributed by atoms with Crippen LogP contribution in [-0.4, -0.2) is 25.9 Å². The maximum Gasteiger partial charge on any atom is 0.237 e. The van der Waals surface area contributed by atoms with E-state index >= 15 is 0 Å². The average Bonchev–Trinajstić information content (AvgIpc) is 3.14. The van der Waals surface area contributed by atoms with Crippen LogP contribution < -0.4 is 10.1 Å². The molecule has 158 valence electrons. The van der Waals surface area contributed by atoms with Crippen LogP contribution >= 0.6 is 23.4 Å². The second kappa shape index (κ2) is 9.95. The van der Waals surface area contributed by atoms with Crippen LogP contribution in [0.2, 0.25) is 5.02 Å². The number of nitrogens with zero attached hydrogens (tertiary/aromatic N) is 3. The number of anilines is 1. The Hall–Kier alpha value is -2.58. The number of carbonyl (C=O) groups is 1. The van der Waals surface area contributed by atoms with E-state index < -0.39 is 5.25 Å². The molecule has 0 aliphatic carbocycles. The first-order chi connectivity index (χ1) is 14.4. The molecule has 1 amide bonds. The van der Waals surface area contributed by atoms with Crippen molar-refractivity contribution in [2.75, 3.05) is 5.32 Å². The number of para-hydroxylation sites is 1. The summed E-state index contributed by atoms with van der Waals surface area (Å²) in [5, 5.41) is 12.0. The molecule has 0 aliphatic heterocycles. The molecule has 0 fully saturated rings. The summed E-state index contributed by atoms with van der Waals surface area (Å²) >= 11 is 7.47. The van der Waals surface area contributed by atoms with Crippen molar-refractivity contribution in [3.8, 4) is 5.75 Å². The monoisotopic (exact) mass is 448 g/mol. The van der Waals surface area contributed by atoms with E-state index in [2.05, 4.69) is 15.5 Å². The van der Waals surface area contributed by atoms with Crippen LogP contribution in [0.1, 0.15) is 32.7 Å². The molecule has 0 spiro atoms. The van der Waals surface area contributed by atoms with E-state index in [-0.39, 0.29) is 17.8 Å². The zero-order chi connectivity index (χ0) is 21.7. The molecule has 30 heavy (non-hydrogen) atoms. The molecule has 0 saturated carbocycles. The molecule has 1 aromatic heterocycles. The third kappa shape index (κ3) is 5.31. The van der Waals surface area contributed by atoms with Gasteiger partial charge in [0.1, 0.15) is 11.6 Å². The summed E-state index contributed by atoms with van der Waals surface area (Å²) in [6.45, 7) is 6.25. The maximum absolute atomic E-state index is 13.0. The van der Waals surface area contributed by atoms with E-state index in [1.165, 1.54) is 36.0 Å². The normalized spacial score (nSPS) is 13.0. The second-order valence-corrected chi connectivity index (χ2v) is 8.25. The number of carbonyl (C=O) groups excluding carboxylic acids is 1. The number of halogens is 2. The summed E-state index contributed by atoms with van der Waals surface area (Å²) < 4.78 is 20.9. The number of thioether (sulfide) groups is 1. The standard InChI is InChI=1S/C21H22ClFN4O2S/c1-4-27-19(13(2)29-18-8-6-5-7-17(18)22)25-26-21(27)30-14(3)20(28)24-16-11-9-15(23)10-12-16/h5-14H,4H2,1-3H3,(H,24,28). The van der Waals surface area contributed by atoms with Gasteiger partial charge >= 0.3 is 0 Å². The van der Waals surface area contributed by atoms with Crippen LogP contribution in [0.4, 0.5) is 10.1 Å². The number of ether oxygens (including phenoxy) is 1. The Morgan fingerprint density at radius 3 is 2.57 bits per heavy atom. The fourth-order valence-corrected chi connectivity index (χ4v) is 3.86. The van der Waals surface area contributed by atoms with Gasteiger partial charge < -0.3 is 14.6 Å². The first-order valence-electron chi connectivity index (χ1n) is 9.46. The zero-order valence-corrected chi connectivity index (χ0v) is 18.4. The fraction of sp³-hybridized carbons (Fsp3) is 0.286. The highest BCUT2D eigenvalue weighted by Gasteiger charge is 2.23. The smallest absolute Gasteiger partial charge is 0.237 e. The van der Waals surface area contributed by atoms with Crippen molar-refractivity contribution in [2.24, 2.45) is 0 Å². The van der Waals surface area contributed by atoms with E-state index in [1.54, 1.807) is 19.1 Å². The second-order valence-electron chi connectivity index (χ2n) is 6.53. The summed E-state index contributed by atoms with van der Waals surface area (Å²) in [4.78, 5) is 12.5. The van der Waals surface area contributed by atoms with Gasteiger partial charge in [0.15, 0.2) is 17.1 Å². The molecule has 2 aromatic carbocycles. The number of hydrogen-bond acceptors (Lipinski definition) is 5. The highest BCUT2D eigenvalue weighted by Crippen LogP contribution is 2.30. The van der Waals surface area contributed by atoms with Crippen molar-refractivity contribution < 1.29 is 13.9 Å². The molecule has 1 heterocycles. The van der Waals surface area contributed by atoms with Gasteiger partial charge in [-0.2, -0.15) is 0 Å². The summed E-state index contributed by atoms with van der Waals surface area (Å²) in [6, 6.07) is 12.9. The third-order valence-electron chi connectivity index (χ3n) is 4.33. The van der Waals surface area contributed by atoms with Crippen LogP contribution in [0.25, 0.3) is 0 Å². The number of hydrogen-bond donors (Lipinski definition) is 1. The van der Waals surface area contributed by atoms with Gasteiger partial charge in [0, 0.05) is 12.2 Å². The number of rotatable bonds is 8. The lowest BCUT2D eigenvalue weighted by Gasteiger charge is -2.17. The van der Waals surface area contributed by atoms with E-state index in [1.807, 2.05) is 30.5 Å². The molecule has 9 heteroatoms. The van der Waals surface area contributed by atoms with Gasteiger partial charge in [-0.3, -0.25) is 4.79 Å². The molecular weight excluding hydrogens is 427 g/mol. The SMILES string of the molecule is CCn1c(SC(C)C(=O)Nc2ccc(F)cc2)nnc1C(C)Oc1ccccc1Cl. The Morgan fingerprint density at radius 1 is 1.20 bits per heavy atom. The number of amides is 1. The number of aromatic nitrogens is 3. The predicted molar refractivity (Wildman–Crippen MR) is 117 cm³/mol. The van der Waals surface area contributed by atoms with Gasteiger partial charge in [0.25, 0.3) is 0 Å². The number of nitrogens with one attached hydrogen (secondary N) is 1. The Kier molecular flexibility index (Phi) is 7.33. The number of benzene rings is 2. The summed E-state index contributed by atoms with van der Waals surface area (Å²) in [6.07, 6.45) is -0.380. The molecule has 0 saturated heterocycles. The molecule has 3 aromatic rings. The Balaban J connectivity index is 1.69. The molecule has 0 bridgehead atoms. The largest absolute Gasteiger partial charge is 0.481 e. The van der Waals surface area contributed by atoms with Gasteiger partial charge in [-0.25, -0.2) is 4.39 Å². The van der Waals surface area contributed by atoms with Gasteiger partial charge in [0.05, 0.1) is 10.3 Å². The van der Waals surface area contributed by atoms with Crippen molar-refractivity contribution in [3.05, 3.63) is 65.2 Å². The molecular formula is C21H22ClFN4O2S. The minimum absolute atomic E-state index is 0.209. The summed E-state index contributed by atoms with van der Waals surface area (Å²) in [5.41, 5.74) is 0.535. The van der Waals surface area contributed by atoms with E-state index in [4.69, 9.17) is 16.3 Å². The topological polar surface area (TPSA) is 69.0 Å². The molecule has 2 unspecified atom stereocenters. The Morgan fingerprint density at radius 2 is 1.90 bits per heavy atom. The molecule has 3 rings (SSSR count). The van der Waals surface area contributed by atoms with E-state index in [9.17, 15) is 9.18 Å². The average molecular weight is 449 g/mol. The summed E-state index contributed by atoms with van der Waals surface area (Å²) in [7, 11) is 0. The first kappa shape index (κ1) is 22.1. The van der Waals surface area contributed by atoms with E-state index in [0.29, 0.717) is 34.0 Å². The van der Waals surface area contributed by atoms with Crippen LogP contribution in [0, 0.1) is 5.82 Å². The minimum atomic E-state index is -0.433. The fourth-order valence-electron chi connectivity index (χ4n) is 2.76. The van der Waals surface area contributed by atoms with Crippen LogP contribution in [0.5, 0.6) is 5.75 Å². The molecule has 1 N–H and O–H groups in total. The zero-order valence-electron chi connectivity index (χ0n) is 16.8. The third-order valence-corrected chi connectivity index (χ3v) is 5.72. The lowest BCUT2D eigenvalue weighted by Crippen LogP contribution is -2.23. The maximum atomic E-state index is 13.0. The molecule has 0 radical (unpaired) electrons. The molecule has 2 atom stereocenters. The van der Waals surface area contributed by atoms with Crippen molar-refractivity contribution in [2.45, 2.75) is 43.8 Å². The van der Waals surface area contributed by atoms with E-state index in [0.717, 1.165) is 0 Å². The van der Waals surface area contributed by atoms with Crippen molar-refractivity contribution >= 4 is 35.0 Å². The lowest BCUT2D eigenvalue weighted by molar-refractivity contribution is -0.115. The van der Waals surface area contributed by atoms with Crippen molar-refractivity contribution in [3.63, 3.8) is 0 Å².